The summed E-state index contributed by atoms with van der Waals surface area (Å²) in [5.41, 5.74) is 8.03. The number of nitrogens with one attached hydrogen (secondary N) is 3. The number of phenolic OH excluding ortho intramolecular Hbond substituents is 1. The summed E-state index contributed by atoms with van der Waals surface area (Å²) in [5.74, 6) is -1.35. The predicted octanol–water partition coefficient (Wildman–Crippen LogP) is 3.22. The lowest BCUT2D eigenvalue weighted by atomic mass is 10.1. The molecule has 0 atom stereocenters. The minimum absolute atomic E-state index is 0.0274. The second-order valence-corrected chi connectivity index (χ2v) is 6.14. The molecule has 0 spiro atoms. The monoisotopic (exact) mass is 357 g/mol. The van der Waals surface area contributed by atoms with Crippen molar-refractivity contribution in [2.24, 2.45) is 0 Å². The van der Waals surface area contributed by atoms with Crippen molar-refractivity contribution < 1.29 is 14.7 Å². The van der Waals surface area contributed by atoms with E-state index >= 15 is 0 Å². The largest absolute Gasteiger partial charge is 0.507 e. The zero-order valence-corrected chi connectivity index (χ0v) is 14.4. The number of hydrogen-bond donors (Lipinski definition) is 4. The number of aromatic hydroxyl groups is 1. The van der Waals surface area contributed by atoms with Gasteiger partial charge < -0.3 is 10.1 Å². The van der Waals surface area contributed by atoms with E-state index in [-0.39, 0.29) is 11.3 Å². The average molecular weight is 358 g/mol. The Morgan fingerprint density at radius 1 is 1.04 bits per heavy atom. The highest BCUT2D eigenvalue weighted by Crippen LogP contribution is 2.23. The van der Waals surface area contributed by atoms with Crippen LogP contribution in [-0.4, -0.2) is 21.9 Å². The first kappa shape index (κ1) is 16.9. The van der Waals surface area contributed by atoms with Crippen LogP contribution in [0.4, 0.5) is 0 Å². The van der Waals surface area contributed by atoms with E-state index in [1.807, 2.05) is 19.9 Å². The van der Waals surface area contributed by atoms with Gasteiger partial charge in [0.1, 0.15) is 5.75 Å². The van der Waals surface area contributed by atoms with Crippen LogP contribution in [0.5, 0.6) is 5.75 Å². The molecule has 0 radical (unpaired) electrons. The lowest BCUT2D eigenvalue weighted by Gasteiger charge is -2.09. The average Bonchev–Trinajstić information content (AvgIpc) is 2.88. The van der Waals surface area contributed by atoms with Gasteiger partial charge in [0, 0.05) is 27.2 Å². The van der Waals surface area contributed by atoms with E-state index in [2.05, 4.69) is 15.8 Å². The van der Waals surface area contributed by atoms with Gasteiger partial charge in [0.05, 0.1) is 5.56 Å². The Kier molecular flexibility index (Phi) is 4.37. The standard InChI is InChI=1S/C18H16ClN3O3/c1-9-10(2)20-15-5-3-11(7-13(9)15)17(24)21-22-18(25)14-8-12(19)4-6-16(14)23/h3-8,20,23H,1-2H3,(H,21,24)(H,22,25). The van der Waals surface area contributed by atoms with Crippen LogP contribution in [0.1, 0.15) is 32.0 Å². The third-order valence-corrected chi connectivity index (χ3v) is 4.30. The SMILES string of the molecule is Cc1[nH]c2ccc(C(=O)NNC(=O)c3cc(Cl)ccc3O)cc2c1C. The Balaban J connectivity index is 1.75. The van der Waals surface area contributed by atoms with Gasteiger partial charge in [-0.05, 0) is 55.8 Å². The number of fused-ring (bicyclic) bond motifs is 1. The fourth-order valence-corrected chi connectivity index (χ4v) is 2.72. The van der Waals surface area contributed by atoms with E-state index in [4.69, 9.17) is 11.6 Å². The second-order valence-electron chi connectivity index (χ2n) is 5.71. The summed E-state index contributed by atoms with van der Waals surface area (Å²) in [6.45, 7) is 3.94. The van der Waals surface area contributed by atoms with Crippen LogP contribution in [0, 0.1) is 13.8 Å². The fraction of sp³-hybridized carbons (Fsp3) is 0.111. The maximum atomic E-state index is 12.3. The van der Waals surface area contributed by atoms with E-state index in [1.165, 1.54) is 18.2 Å². The smallest absolute Gasteiger partial charge is 0.273 e. The molecule has 0 aliphatic heterocycles. The van der Waals surface area contributed by atoms with Crippen molar-refractivity contribution >= 4 is 34.3 Å². The third-order valence-electron chi connectivity index (χ3n) is 4.06. The molecule has 6 nitrogen and oxygen atoms in total. The van der Waals surface area contributed by atoms with Crippen LogP contribution in [0.15, 0.2) is 36.4 Å². The van der Waals surface area contributed by atoms with Crippen LogP contribution in [0.25, 0.3) is 10.9 Å². The van der Waals surface area contributed by atoms with E-state index in [0.29, 0.717) is 10.6 Å². The van der Waals surface area contributed by atoms with Gasteiger partial charge in [-0.3, -0.25) is 20.4 Å². The van der Waals surface area contributed by atoms with Crippen LogP contribution in [0.3, 0.4) is 0 Å². The van der Waals surface area contributed by atoms with Gasteiger partial charge in [0.2, 0.25) is 0 Å². The zero-order valence-electron chi connectivity index (χ0n) is 13.6. The molecule has 0 saturated carbocycles. The van der Waals surface area contributed by atoms with Crippen molar-refractivity contribution in [3.05, 3.63) is 63.8 Å². The normalized spacial score (nSPS) is 10.7. The molecule has 25 heavy (non-hydrogen) atoms. The molecule has 2 aromatic carbocycles. The number of carbonyl (C=O) groups is 2. The van der Waals surface area contributed by atoms with E-state index in [1.54, 1.807) is 12.1 Å². The van der Waals surface area contributed by atoms with Gasteiger partial charge in [0.25, 0.3) is 11.8 Å². The molecule has 0 aliphatic carbocycles. The lowest BCUT2D eigenvalue weighted by Crippen LogP contribution is -2.41. The lowest BCUT2D eigenvalue weighted by molar-refractivity contribution is 0.0845. The molecule has 4 N–H and O–H groups in total. The highest BCUT2D eigenvalue weighted by atomic mass is 35.5. The molecule has 3 rings (SSSR count). The Morgan fingerprint density at radius 3 is 2.52 bits per heavy atom. The molecule has 1 heterocycles. The summed E-state index contributed by atoms with van der Waals surface area (Å²) in [6.07, 6.45) is 0. The Hall–Kier alpha value is -2.99. The van der Waals surface area contributed by atoms with Crippen LogP contribution in [-0.2, 0) is 0 Å². The summed E-state index contributed by atoms with van der Waals surface area (Å²) >= 11 is 5.81. The van der Waals surface area contributed by atoms with Crippen molar-refractivity contribution in [3.63, 3.8) is 0 Å². The number of phenols is 1. The van der Waals surface area contributed by atoms with Crippen LogP contribution < -0.4 is 10.9 Å². The number of rotatable bonds is 2. The van der Waals surface area contributed by atoms with Gasteiger partial charge >= 0.3 is 0 Å². The maximum absolute atomic E-state index is 12.3. The molecule has 7 heteroatoms. The topological polar surface area (TPSA) is 94.2 Å². The van der Waals surface area contributed by atoms with Crippen LogP contribution in [0.2, 0.25) is 5.02 Å². The number of aromatic nitrogens is 1. The molecule has 0 saturated heterocycles. The van der Waals surface area contributed by atoms with Gasteiger partial charge in [0.15, 0.2) is 0 Å². The quantitative estimate of drug-likeness (QED) is 0.530. The molecule has 128 valence electrons. The molecular formula is C18H16ClN3O3. The first-order valence-electron chi connectivity index (χ1n) is 7.55. The van der Waals surface area contributed by atoms with E-state index < -0.39 is 11.8 Å². The maximum Gasteiger partial charge on any atom is 0.273 e. The number of aryl methyl sites for hydroxylation is 2. The molecule has 2 amide bonds. The molecule has 0 bridgehead atoms. The molecular weight excluding hydrogens is 342 g/mol. The van der Waals surface area contributed by atoms with Crippen molar-refractivity contribution in [3.8, 4) is 5.75 Å². The van der Waals surface area contributed by atoms with Gasteiger partial charge in [-0.15, -0.1) is 0 Å². The molecule has 1 aromatic heterocycles. The predicted molar refractivity (Wildman–Crippen MR) is 95.8 cm³/mol. The van der Waals surface area contributed by atoms with E-state index in [0.717, 1.165) is 22.2 Å². The summed E-state index contributed by atoms with van der Waals surface area (Å²) in [5, 5.41) is 11.0. The summed E-state index contributed by atoms with van der Waals surface area (Å²) < 4.78 is 0. The van der Waals surface area contributed by atoms with Gasteiger partial charge in [-0.25, -0.2) is 0 Å². The number of amides is 2. The second kappa shape index (κ2) is 6.49. The van der Waals surface area contributed by atoms with Crippen molar-refractivity contribution in [2.45, 2.75) is 13.8 Å². The Labute approximate surface area is 148 Å². The van der Waals surface area contributed by atoms with Crippen molar-refractivity contribution in [1.29, 1.82) is 0 Å². The molecule has 0 aliphatic rings. The third kappa shape index (κ3) is 3.29. The molecule has 0 unspecified atom stereocenters. The Bertz CT molecular complexity index is 995. The van der Waals surface area contributed by atoms with E-state index in [9.17, 15) is 14.7 Å². The number of halogens is 1. The number of carbonyl (C=O) groups excluding carboxylic acids is 2. The summed E-state index contributed by atoms with van der Waals surface area (Å²) in [4.78, 5) is 27.6. The minimum atomic E-state index is -0.664. The van der Waals surface area contributed by atoms with Crippen molar-refractivity contribution in [2.75, 3.05) is 0 Å². The number of H-pyrrole nitrogens is 1. The zero-order chi connectivity index (χ0) is 18.1. The highest BCUT2D eigenvalue weighted by Gasteiger charge is 2.14. The molecule has 0 fully saturated rings. The first-order valence-corrected chi connectivity index (χ1v) is 7.92. The summed E-state index contributed by atoms with van der Waals surface area (Å²) in [7, 11) is 0. The van der Waals surface area contributed by atoms with Gasteiger partial charge in [-0.1, -0.05) is 11.6 Å². The number of benzene rings is 2. The van der Waals surface area contributed by atoms with Gasteiger partial charge in [-0.2, -0.15) is 0 Å². The minimum Gasteiger partial charge on any atom is -0.507 e. The highest BCUT2D eigenvalue weighted by molar-refractivity contribution is 6.31. The van der Waals surface area contributed by atoms with Crippen molar-refractivity contribution in [1.82, 2.24) is 15.8 Å². The Morgan fingerprint density at radius 2 is 1.76 bits per heavy atom. The molecule has 3 aromatic rings. The number of hydrogen-bond acceptors (Lipinski definition) is 3. The fourth-order valence-electron chi connectivity index (χ4n) is 2.55. The van der Waals surface area contributed by atoms with Crippen LogP contribution >= 0.6 is 11.6 Å². The number of hydrazine groups is 1. The first-order chi connectivity index (χ1) is 11.9. The number of aromatic amines is 1. The summed E-state index contributed by atoms with van der Waals surface area (Å²) in [6, 6.07) is 9.32.